The minimum Gasteiger partial charge on any atom is -0.497 e. The third-order valence-electron chi connectivity index (χ3n) is 5.88. The molecule has 0 spiro atoms. The van der Waals surface area contributed by atoms with Crippen molar-refractivity contribution in [1.29, 1.82) is 0 Å². The van der Waals surface area contributed by atoms with E-state index in [0.29, 0.717) is 24.6 Å². The maximum atomic E-state index is 12.6. The summed E-state index contributed by atoms with van der Waals surface area (Å²) in [5.74, 6) is 2.00. The molecule has 1 aromatic carbocycles. The average Bonchev–Trinajstić information content (AvgIpc) is 3.44. The summed E-state index contributed by atoms with van der Waals surface area (Å²) < 4.78 is 10.5. The highest BCUT2D eigenvalue weighted by molar-refractivity contribution is 5.76. The second kappa shape index (κ2) is 8.73. The Morgan fingerprint density at radius 2 is 1.86 bits per heavy atom. The number of carbonyl (C=O) groups is 1. The molecular weight excluding hydrogens is 356 g/mol. The Balaban J connectivity index is 1.25. The van der Waals surface area contributed by atoms with Gasteiger partial charge in [0, 0.05) is 50.6 Å². The maximum absolute atomic E-state index is 12.6. The van der Waals surface area contributed by atoms with Gasteiger partial charge < -0.3 is 14.2 Å². The molecule has 1 saturated carbocycles. The number of piperazine rings is 1. The maximum Gasteiger partial charge on any atom is 0.227 e. The van der Waals surface area contributed by atoms with Crippen LogP contribution in [0.3, 0.4) is 0 Å². The number of aryl methyl sites for hydroxylation is 1. The highest BCUT2D eigenvalue weighted by Crippen LogP contribution is 2.24. The van der Waals surface area contributed by atoms with Gasteiger partial charge in [-0.2, -0.15) is 4.98 Å². The van der Waals surface area contributed by atoms with Crippen LogP contribution in [0, 0.1) is 0 Å². The number of benzene rings is 1. The van der Waals surface area contributed by atoms with E-state index in [1.807, 2.05) is 29.2 Å². The van der Waals surface area contributed by atoms with Crippen LogP contribution in [0.25, 0.3) is 11.4 Å². The Morgan fingerprint density at radius 1 is 1.14 bits per heavy atom. The molecule has 0 atom stereocenters. The van der Waals surface area contributed by atoms with Crippen molar-refractivity contribution in [3.05, 3.63) is 30.2 Å². The van der Waals surface area contributed by atoms with Crippen molar-refractivity contribution in [3.8, 4) is 17.1 Å². The molecule has 1 aliphatic heterocycles. The summed E-state index contributed by atoms with van der Waals surface area (Å²) in [6.45, 7) is 3.66. The molecule has 0 N–H and O–H groups in total. The third kappa shape index (κ3) is 4.35. The monoisotopic (exact) mass is 384 g/mol. The van der Waals surface area contributed by atoms with Crippen LogP contribution in [0.15, 0.2) is 28.8 Å². The van der Waals surface area contributed by atoms with E-state index >= 15 is 0 Å². The van der Waals surface area contributed by atoms with Gasteiger partial charge in [-0.3, -0.25) is 9.69 Å². The largest absolute Gasteiger partial charge is 0.497 e. The summed E-state index contributed by atoms with van der Waals surface area (Å²) in [5, 5.41) is 4.03. The van der Waals surface area contributed by atoms with Crippen LogP contribution >= 0.6 is 0 Å². The van der Waals surface area contributed by atoms with Crippen molar-refractivity contribution in [2.75, 3.05) is 33.3 Å². The lowest BCUT2D eigenvalue weighted by Crippen LogP contribution is -2.51. The number of carbonyl (C=O) groups excluding carboxylic acids is 1. The Morgan fingerprint density at radius 3 is 2.54 bits per heavy atom. The van der Waals surface area contributed by atoms with Crippen LogP contribution < -0.4 is 4.74 Å². The van der Waals surface area contributed by atoms with Crippen molar-refractivity contribution >= 4 is 5.91 Å². The van der Waals surface area contributed by atoms with Crippen LogP contribution in [0.5, 0.6) is 5.75 Å². The lowest BCUT2D eigenvalue weighted by molar-refractivity contribution is -0.133. The average molecular weight is 384 g/mol. The van der Waals surface area contributed by atoms with Gasteiger partial charge in [-0.1, -0.05) is 18.0 Å². The summed E-state index contributed by atoms with van der Waals surface area (Å²) in [5.41, 5.74) is 0.866. The first-order valence-corrected chi connectivity index (χ1v) is 10.2. The van der Waals surface area contributed by atoms with Gasteiger partial charge in [0.25, 0.3) is 0 Å². The number of hydrogen-bond donors (Lipinski definition) is 0. The molecule has 1 amide bonds. The normalized spacial score (nSPS) is 18.5. The SMILES string of the molecule is COc1ccc(-c2noc(CCC(=O)N3CCN(C4CCCC4)CC3)n2)cc1. The zero-order valence-electron chi connectivity index (χ0n) is 16.5. The minimum atomic E-state index is 0.176. The standard InChI is InChI=1S/C21H28N4O3/c1-27-18-8-6-16(7-9-18)21-22-19(28-23-21)10-11-20(26)25-14-12-24(13-15-25)17-4-2-3-5-17/h6-9,17H,2-5,10-15H2,1H3. The molecule has 28 heavy (non-hydrogen) atoms. The van der Waals surface area contributed by atoms with Gasteiger partial charge in [-0.05, 0) is 37.1 Å². The highest BCUT2D eigenvalue weighted by Gasteiger charge is 2.27. The topological polar surface area (TPSA) is 71.7 Å². The van der Waals surface area contributed by atoms with E-state index in [4.69, 9.17) is 9.26 Å². The van der Waals surface area contributed by atoms with E-state index in [9.17, 15) is 4.79 Å². The van der Waals surface area contributed by atoms with Crippen LogP contribution in [0.1, 0.15) is 38.0 Å². The highest BCUT2D eigenvalue weighted by atomic mass is 16.5. The van der Waals surface area contributed by atoms with Gasteiger partial charge in [-0.15, -0.1) is 0 Å². The molecule has 2 fully saturated rings. The van der Waals surface area contributed by atoms with E-state index in [0.717, 1.165) is 43.5 Å². The number of methoxy groups -OCH3 is 1. The lowest BCUT2D eigenvalue weighted by atomic mass is 10.1. The molecule has 0 radical (unpaired) electrons. The summed E-state index contributed by atoms with van der Waals surface area (Å²) in [7, 11) is 1.63. The number of ether oxygens (including phenoxy) is 1. The van der Waals surface area contributed by atoms with Crippen LogP contribution in [-0.4, -0.2) is 65.2 Å². The number of hydrogen-bond acceptors (Lipinski definition) is 6. The number of rotatable bonds is 6. The van der Waals surface area contributed by atoms with Crippen molar-refractivity contribution in [3.63, 3.8) is 0 Å². The molecule has 7 heteroatoms. The van der Waals surface area contributed by atoms with Crippen LogP contribution in [0.2, 0.25) is 0 Å². The molecule has 1 aromatic heterocycles. The first-order valence-electron chi connectivity index (χ1n) is 10.2. The fourth-order valence-corrected chi connectivity index (χ4v) is 4.19. The molecule has 2 heterocycles. The van der Waals surface area contributed by atoms with E-state index in [2.05, 4.69) is 15.0 Å². The summed E-state index contributed by atoms with van der Waals surface area (Å²) in [6, 6.07) is 8.25. The molecule has 0 bridgehead atoms. The first kappa shape index (κ1) is 18.9. The second-order valence-electron chi connectivity index (χ2n) is 7.60. The Bertz CT molecular complexity index is 775. The third-order valence-corrected chi connectivity index (χ3v) is 5.88. The number of aromatic nitrogens is 2. The summed E-state index contributed by atoms with van der Waals surface area (Å²) in [4.78, 5) is 21.5. The molecule has 1 aliphatic carbocycles. The first-order chi connectivity index (χ1) is 13.7. The fourth-order valence-electron chi connectivity index (χ4n) is 4.19. The fraction of sp³-hybridized carbons (Fsp3) is 0.571. The van der Waals surface area contributed by atoms with Crippen molar-refractivity contribution in [2.24, 2.45) is 0 Å². The van der Waals surface area contributed by atoms with Gasteiger partial charge in [0.15, 0.2) is 0 Å². The van der Waals surface area contributed by atoms with Crippen molar-refractivity contribution in [1.82, 2.24) is 19.9 Å². The number of nitrogens with zero attached hydrogens (tertiary/aromatic N) is 4. The zero-order valence-corrected chi connectivity index (χ0v) is 16.5. The minimum absolute atomic E-state index is 0.176. The van der Waals surface area contributed by atoms with Gasteiger partial charge in [0.1, 0.15) is 5.75 Å². The van der Waals surface area contributed by atoms with Gasteiger partial charge in [0.2, 0.25) is 17.6 Å². The quantitative estimate of drug-likeness (QED) is 0.763. The predicted molar refractivity (Wildman–Crippen MR) is 105 cm³/mol. The van der Waals surface area contributed by atoms with E-state index in [1.54, 1.807) is 7.11 Å². The lowest BCUT2D eigenvalue weighted by Gasteiger charge is -2.38. The van der Waals surface area contributed by atoms with E-state index < -0.39 is 0 Å². The van der Waals surface area contributed by atoms with Crippen molar-refractivity contribution < 1.29 is 14.1 Å². The van der Waals surface area contributed by atoms with E-state index in [-0.39, 0.29) is 5.91 Å². The summed E-state index contributed by atoms with van der Waals surface area (Å²) in [6.07, 6.45) is 6.24. The summed E-state index contributed by atoms with van der Waals surface area (Å²) >= 11 is 0. The molecule has 2 aromatic rings. The molecule has 1 saturated heterocycles. The molecule has 0 unspecified atom stereocenters. The molecular formula is C21H28N4O3. The Labute approximate surface area is 165 Å². The van der Waals surface area contributed by atoms with Gasteiger partial charge in [0.05, 0.1) is 7.11 Å². The molecule has 7 nitrogen and oxygen atoms in total. The predicted octanol–water partition coefficient (Wildman–Crippen LogP) is 2.76. The second-order valence-corrected chi connectivity index (χ2v) is 7.60. The van der Waals surface area contributed by atoms with Crippen LogP contribution in [0.4, 0.5) is 0 Å². The number of amides is 1. The molecule has 4 rings (SSSR count). The smallest absolute Gasteiger partial charge is 0.227 e. The van der Waals surface area contributed by atoms with Crippen molar-refractivity contribution in [2.45, 2.75) is 44.6 Å². The Hall–Kier alpha value is -2.41. The van der Waals surface area contributed by atoms with E-state index in [1.165, 1.54) is 25.7 Å². The Kier molecular flexibility index (Phi) is 5.90. The van der Waals surface area contributed by atoms with Crippen LogP contribution in [-0.2, 0) is 11.2 Å². The molecule has 150 valence electrons. The van der Waals surface area contributed by atoms with Gasteiger partial charge >= 0.3 is 0 Å². The van der Waals surface area contributed by atoms with Gasteiger partial charge in [-0.25, -0.2) is 0 Å². The molecule has 2 aliphatic rings. The zero-order chi connectivity index (χ0) is 19.3.